The molecule has 0 aromatic rings. The molecule has 1 aliphatic heterocycles. The van der Waals surface area contributed by atoms with E-state index in [1.807, 2.05) is 27.7 Å². The van der Waals surface area contributed by atoms with Crippen LogP contribution >= 0.6 is 0 Å². The third-order valence-corrected chi connectivity index (χ3v) is 1.59. The van der Waals surface area contributed by atoms with Gasteiger partial charge in [0.15, 0.2) is 0 Å². The predicted molar refractivity (Wildman–Crippen MR) is 80.4 cm³/mol. The minimum Gasteiger partial charge on any atom is -0.386 e. The van der Waals surface area contributed by atoms with Crippen molar-refractivity contribution in [3.8, 4) is 0 Å². The second kappa shape index (κ2) is 15.5. The molecule has 0 amide bonds. The van der Waals surface area contributed by atoms with Gasteiger partial charge in [-0.2, -0.15) is 0 Å². The Kier molecular flexibility index (Phi) is 19.8. The first kappa shape index (κ1) is 21.8. The fourth-order valence-electron chi connectivity index (χ4n) is 0.917. The summed E-state index contributed by atoms with van der Waals surface area (Å²) in [5.74, 6) is 0. The highest BCUT2D eigenvalue weighted by molar-refractivity contribution is 4.95. The summed E-state index contributed by atoms with van der Waals surface area (Å²) in [6.45, 7) is 22.9. The smallest absolute Gasteiger partial charge is 0.0856 e. The molecule has 2 heteroatoms. The molecule has 1 heterocycles. The SMILES string of the molecule is C=C1COCC(C)(C)CN1.CC.CC.CCC. The van der Waals surface area contributed by atoms with Crippen molar-refractivity contribution in [1.82, 2.24) is 5.32 Å². The summed E-state index contributed by atoms with van der Waals surface area (Å²) in [4.78, 5) is 0. The Morgan fingerprint density at radius 3 is 2.00 bits per heavy atom. The molecule has 0 atom stereocenters. The number of hydrogen-bond donors (Lipinski definition) is 1. The minimum atomic E-state index is 0.249. The maximum absolute atomic E-state index is 5.36. The highest BCUT2D eigenvalue weighted by atomic mass is 16.5. The molecule has 17 heavy (non-hydrogen) atoms. The molecule has 0 unspecified atom stereocenters. The van der Waals surface area contributed by atoms with Gasteiger partial charge in [0.2, 0.25) is 0 Å². The Hall–Kier alpha value is -0.500. The van der Waals surface area contributed by atoms with Crippen LogP contribution in [0.2, 0.25) is 0 Å². The van der Waals surface area contributed by atoms with Crippen LogP contribution < -0.4 is 5.32 Å². The lowest BCUT2D eigenvalue weighted by Crippen LogP contribution is -2.28. The number of ether oxygens (including phenoxy) is 1. The van der Waals surface area contributed by atoms with E-state index in [2.05, 4.69) is 39.6 Å². The third-order valence-electron chi connectivity index (χ3n) is 1.59. The Bertz CT molecular complexity index is 153. The van der Waals surface area contributed by atoms with E-state index in [0.29, 0.717) is 6.61 Å². The van der Waals surface area contributed by atoms with Gasteiger partial charge >= 0.3 is 0 Å². The second-order valence-corrected chi connectivity index (χ2v) is 4.32. The summed E-state index contributed by atoms with van der Waals surface area (Å²) < 4.78 is 5.36. The molecule has 0 saturated carbocycles. The fraction of sp³-hybridized carbons (Fsp3) is 0.867. The molecule has 1 rings (SSSR count). The zero-order chi connectivity index (χ0) is 14.3. The van der Waals surface area contributed by atoms with Crippen LogP contribution in [-0.4, -0.2) is 19.8 Å². The number of nitrogens with one attached hydrogen (secondary N) is 1. The lowest BCUT2D eigenvalue weighted by Gasteiger charge is -2.20. The van der Waals surface area contributed by atoms with Crippen molar-refractivity contribution >= 4 is 0 Å². The summed E-state index contributed by atoms with van der Waals surface area (Å²) in [7, 11) is 0. The fourth-order valence-corrected chi connectivity index (χ4v) is 0.917. The van der Waals surface area contributed by atoms with Gasteiger partial charge in [-0.25, -0.2) is 0 Å². The first-order valence-corrected chi connectivity index (χ1v) is 7.01. The first-order valence-electron chi connectivity index (χ1n) is 7.01. The average molecular weight is 245 g/mol. The molecule has 2 nitrogen and oxygen atoms in total. The standard InChI is InChI=1S/C8H15NO.C3H8.2C2H6/c1-7-4-10-6-8(2,3)5-9-7;1-3-2;2*1-2/h9H,1,4-6H2,2-3H3;3H2,1-2H3;2*1-2H3. The van der Waals surface area contributed by atoms with Gasteiger partial charge in [-0.3, -0.25) is 0 Å². The molecule has 0 aromatic heterocycles. The normalized spacial score (nSPS) is 16.6. The van der Waals surface area contributed by atoms with Gasteiger partial charge in [0.1, 0.15) is 0 Å². The van der Waals surface area contributed by atoms with Crippen molar-refractivity contribution in [3.05, 3.63) is 12.3 Å². The predicted octanol–water partition coefficient (Wildman–Crippen LogP) is 4.61. The molecule has 0 radical (unpaired) electrons. The summed E-state index contributed by atoms with van der Waals surface area (Å²) in [5.41, 5.74) is 1.24. The molecule has 1 N–H and O–H groups in total. The second-order valence-electron chi connectivity index (χ2n) is 4.32. The van der Waals surface area contributed by atoms with E-state index in [9.17, 15) is 0 Å². The quantitative estimate of drug-likeness (QED) is 0.672. The average Bonchev–Trinajstić information content (AvgIpc) is 2.47. The van der Waals surface area contributed by atoms with Crippen LogP contribution in [0.3, 0.4) is 0 Å². The Labute approximate surface area is 110 Å². The molecule has 1 aliphatic rings. The molecule has 0 aliphatic carbocycles. The first-order chi connectivity index (χ1) is 8.02. The largest absolute Gasteiger partial charge is 0.386 e. The van der Waals surface area contributed by atoms with E-state index in [1.165, 1.54) is 6.42 Å². The van der Waals surface area contributed by atoms with Crippen LogP contribution in [0.5, 0.6) is 0 Å². The van der Waals surface area contributed by atoms with Gasteiger partial charge in [0.25, 0.3) is 0 Å². The van der Waals surface area contributed by atoms with E-state index < -0.39 is 0 Å². The summed E-state index contributed by atoms with van der Waals surface area (Å²) in [6.07, 6.45) is 1.25. The van der Waals surface area contributed by atoms with E-state index in [-0.39, 0.29) is 5.41 Å². The molecule has 0 aromatic carbocycles. The van der Waals surface area contributed by atoms with Crippen LogP contribution in [0.4, 0.5) is 0 Å². The highest BCUT2D eigenvalue weighted by Gasteiger charge is 2.20. The maximum Gasteiger partial charge on any atom is 0.0856 e. The van der Waals surface area contributed by atoms with Crippen molar-refractivity contribution in [2.24, 2.45) is 5.41 Å². The lowest BCUT2D eigenvalue weighted by molar-refractivity contribution is 0.0949. The van der Waals surface area contributed by atoms with Crippen LogP contribution in [0.15, 0.2) is 12.3 Å². The van der Waals surface area contributed by atoms with Crippen molar-refractivity contribution in [2.45, 2.75) is 61.8 Å². The van der Waals surface area contributed by atoms with Crippen molar-refractivity contribution in [3.63, 3.8) is 0 Å². The van der Waals surface area contributed by atoms with Gasteiger partial charge in [-0.1, -0.05) is 68.4 Å². The molecule has 106 valence electrons. The topological polar surface area (TPSA) is 21.3 Å². The van der Waals surface area contributed by atoms with Crippen molar-refractivity contribution in [1.29, 1.82) is 0 Å². The summed E-state index contributed by atoms with van der Waals surface area (Å²) >= 11 is 0. The van der Waals surface area contributed by atoms with E-state index in [4.69, 9.17) is 4.74 Å². The monoisotopic (exact) mass is 245 g/mol. The Morgan fingerprint density at radius 1 is 1.18 bits per heavy atom. The van der Waals surface area contributed by atoms with Gasteiger partial charge in [-0.05, 0) is 0 Å². The van der Waals surface area contributed by atoms with Crippen LogP contribution in [-0.2, 0) is 4.74 Å². The molecular formula is C15H35NO. The molecule has 0 bridgehead atoms. The van der Waals surface area contributed by atoms with E-state index >= 15 is 0 Å². The molecule has 1 saturated heterocycles. The van der Waals surface area contributed by atoms with Gasteiger partial charge < -0.3 is 10.1 Å². The van der Waals surface area contributed by atoms with Crippen molar-refractivity contribution < 1.29 is 4.74 Å². The third kappa shape index (κ3) is 18.1. The van der Waals surface area contributed by atoms with Crippen LogP contribution in [0.25, 0.3) is 0 Å². The highest BCUT2D eigenvalue weighted by Crippen LogP contribution is 2.16. The molecule has 1 fully saturated rings. The van der Waals surface area contributed by atoms with Gasteiger partial charge in [0, 0.05) is 17.7 Å². The maximum atomic E-state index is 5.36. The van der Waals surface area contributed by atoms with Crippen molar-refractivity contribution in [2.75, 3.05) is 19.8 Å². The van der Waals surface area contributed by atoms with E-state index in [1.54, 1.807) is 0 Å². The lowest BCUT2D eigenvalue weighted by atomic mass is 9.95. The van der Waals surface area contributed by atoms with Crippen LogP contribution in [0.1, 0.15) is 61.8 Å². The number of hydrogen-bond acceptors (Lipinski definition) is 2. The zero-order valence-corrected chi connectivity index (χ0v) is 13.4. The van der Waals surface area contributed by atoms with E-state index in [0.717, 1.165) is 18.8 Å². The van der Waals surface area contributed by atoms with Crippen LogP contribution in [0, 0.1) is 5.41 Å². The molecule has 0 spiro atoms. The summed E-state index contributed by atoms with van der Waals surface area (Å²) in [6, 6.07) is 0. The van der Waals surface area contributed by atoms with Gasteiger partial charge in [-0.15, -0.1) is 0 Å². The Balaban J connectivity index is -0.000000239. The minimum absolute atomic E-state index is 0.249. The summed E-state index contributed by atoms with van der Waals surface area (Å²) in [5, 5.41) is 3.22. The van der Waals surface area contributed by atoms with Gasteiger partial charge in [0.05, 0.1) is 13.2 Å². The zero-order valence-electron chi connectivity index (χ0n) is 13.4. The Morgan fingerprint density at radius 2 is 1.59 bits per heavy atom. The molecular weight excluding hydrogens is 210 g/mol. The number of rotatable bonds is 0.